The van der Waals surface area contributed by atoms with Crippen LogP contribution in [0.5, 0.6) is 0 Å². The summed E-state index contributed by atoms with van der Waals surface area (Å²) in [4.78, 5) is 6.45. The van der Waals surface area contributed by atoms with E-state index in [9.17, 15) is 0 Å². The van der Waals surface area contributed by atoms with Crippen LogP contribution in [0.15, 0.2) is 48.8 Å². The average molecular weight is 255 g/mol. The van der Waals surface area contributed by atoms with Gasteiger partial charge in [-0.05, 0) is 36.2 Å². The molecule has 0 saturated carbocycles. The topological polar surface area (TPSA) is 42.1 Å². The maximum absolute atomic E-state index is 5.76. The van der Waals surface area contributed by atoms with Crippen LogP contribution in [0.2, 0.25) is 0 Å². The second kappa shape index (κ2) is 7.02. The summed E-state index contributed by atoms with van der Waals surface area (Å²) in [5.74, 6) is 0. The zero-order valence-electron chi connectivity index (χ0n) is 11.4. The van der Waals surface area contributed by atoms with Gasteiger partial charge in [0.2, 0.25) is 0 Å². The van der Waals surface area contributed by atoms with Crippen molar-refractivity contribution in [1.82, 2.24) is 9.88 Å². The molecule has 100 valence electrons. The summed E-state index contributed by atoms with van der Waals surface area (Å²) in [6, 6.07) is 12.5. The van der Waals surface area contributed by atoms with Gasteiger partial charge in [0.05, 0.1) is 0 Å². The van der Waals surface area contributed by atoms with E-state index in [2.05, 4.69) is 41.2 Å². The van der Waals surface area contributed by atoms with E-state index in [1.165, 1.54) is 16.7 Å². The smallest absolute Gasteiger partial charge is 0.0312 e. The molecule has 2 aromatic rings. The monoisotopic (exact) mass is 255 g/mol. The zero-order chi connectivity index (χ0) is 13.5. The minimum Gasteiger partial charge on any atom is -0.326 e. The van der Waals surface area contributed by atoms with Gasteiger partial charge in [-0.2, -0.15) is 0 Å². The Labute approximate surface area is 115 Å². The number of aromatic nitrogens is 1. The first-order chi connectivity index (χ1) is 9.29. The zero-order valence-corrected chi connectivity index (χ0v) is 11.4. The maximum atomic E-state index is 5.76. The minimum atomic E-state index is 0.614. The highest BCUT2D eigenvalue weighted by atomic mass is 15.1. The van der Waals surface area contributed by atoms with Gasteiger partial charge in [0.15, 0.2) is 0 Å². The van der Waals surface area contributed by atoms with Crippen LogP contribution in [0.1, 0.15) is 16.7 Å². The number of nitrogens with zero attached hydrogens (tertiary/aromatic N) is 2. The van der Waals surface area contributed by atoms with Crippen molar-refractivity contribution in [1.29, 1.82) is 0 Å². The van der Waals surface area contributed by atoms with Crippen LogP contribution >= 0.6 is 0 Å². The van der Waals surface area contributed by atoms with Crippen molar-refractivity contribution in [2.45, 2.75) is 19.5 Å². The van der Waals surface area contributed by atoms with Crippen molar-refractivity contribution >= 4 is 0 Å². The van der Waals surface area contributed by atoms with Crippen LogP contribution in [0, 0.1) is 0 Å². The molecule has 3 heteroatoms. The quantitative estimate of drug-likeness (QED) is 0.860. The molecule has 3 nitrogen and oxygen atoms in total. The molecule has 0 fully saturated rings. The van der Waals surface area contributed by atoms with Crippen LogP contribution in [0.25, 0.3) is 0 Å². The van der Waals surface area contributed by atoms with Gasteiger partial charge in [-0.1, -0.05) is 30.3 Å². The van der Waals surface area contributed by atoms with E-state index < -0.39 is 0 Å². The van der Waals surface area contributed by atoms with E-state index in [0.29, 0.717) is 6.54 Å². The van der Waals surface area contributed by atoms with Crippen molar-refractivity contribution in [2.75, 3.05) is 13.6 Å². The van der Waals surface area contributed by atoms with E-state index >= 15 is 0 Å². The summed E-state index contributed by atoms with van der Waals surface area (Å²) in [5.41, 5.74) is 9.60. The Morgan fingerprint density at radius 1 is 1.11 bits per heavy atom. The maximum Gasteiger partial charge on any atom is 0.0312 e. The van der Waals surface area contributed by atoms with E-state index in [0.717, 1.165) is 19.5 Å². The van der Waals surface area contributed by atoms with Gasteiger partial charge in [0, 0.05) is 32.0 Å². The van der Waals surface area contributed by atoms with Crippen molar-refractivity contribution in [2.24, 2.45) is 5.73 Å². The van der Waals surface area contributed by atoms with Gasteiger partial charge in [-0.25, -0.2) is 0 Å². The largest absolute Gasteiger partial charge is 0.326 e. The normalized spacial score (nSPS) is 10.9. The summed E-state index contributed by atoms with van der Waals surface area (Å²) in [6.45, 7) is 2.56. The number of rotatable bonds is 6. The van der Waals surface area contributed by atoms with E-state index in [-0.39, 0.29) is 0 Å². The number of hydrogen-bond donors (Lipinski definition) is 1. The van der Waals surface area contributed by atoms with E-state index in [1.54, 1.807) is 6.20 Å². The SMILES string of the molecule is CN(CCc1ccccc1CN)Cc1cccnc1. The number of likely N-dealkylation sites (N-methyl/N-ethyl adjacent to an activating group) is 1. The van der Waals surface area contributed by atoms with Gasteiger partial charge in [-0.15, -0.1) is 0 Å². The number of nitrogens with two attached hydrogens (primary N) is 1. The summed E-state index contributed by atoms with van der Waals surface area (Å²) in [6.07, 6.45) is 4.76. The molecule has 1 aromatic carbocycles. The Kier molecular flexibility index (Phi) is 5.07. The summed E-state index contributed by atoms with van der Waals surface area (Å²) in [5, 5.41) is 0. The molecular weight excluding hydrogens is 234 g/mol. The third-order valence-electron chi connectivity index (χ3n) is 3.28. The molecule has 0 amide bonds. The summed E-state index contributed by atoms with van der Waals surface area (Å²) in [7, 11) is 2.14. The molecule has 0 atom stereocenters. The third-order valence-corrected chi connectivity index (χ3v) is 3.28. The molecule has 19 heavy (non-hydrogen) atoms. The third kappa shape index (κ3) is 4.16. The highest BCUT2D eigenvalue weighted by Gasteiger charge is 2.03. The fourth-order valence-electron chi connectivity index (χ4n) is 2.19. The van der Waals surface area contributed by atoms with Crippen molar-refractivity contribution in [3.63, 3.8) is 0 Å². The van der Waals surface area contributed by atoms with Crippen molar-refractivity contribution < 1.29 is 0 Å². The minimum absolute atomic E-state index is 0.614. The summed E-state index contributed by atoms with van der Waals surface area (Å²) >= 11 is 0. The van der Waals surface area contributed by atoms with Gasteiger partial charge in [0.25, 0.3) is 0 Å². The average Bonchev–Trinajstić information content (AvgIpc) is 2.46. The van der Waals surface area contributed by atoms with Crippen LogP contribution in [0.3, 0.4) is 0 Å². The first kappa shape index (κ1) is 13.7. The number of benzene rings is 1. The first-order valence-electron chi connectivity index (χ1n) is 6.64. The highest BCUT2D eigenvalue weighted by Crippen LogP contribution is 2.10. The van der Waals surface area contributed by atoms with E-state index in [1.807, 2.05) is 18.3 Å². The molecular formula is C16H21N3. The standard InChI is InChI=1S/C16H21N3/c1-19(13-14-5-4-9-18-12-14)10-8-15-6-2-3-7-16(15)11-17/h2-7,9,12H,8,10-11,13,17H2,1H3. The molecule has 0 aliphatic heterocycles. The van der Waals surface area contributed by atoms with Crippen LogP contribution < -0.4 is 5.73 Å². The molecule has 1 aromatic heterocycles. The lowest BCUT2D eigenvalue weighted by molar-refractivity contribution is 0.330. The van der Waals surface area contributed by atoms with Gasteiger partial charge in [0.1, 0.15) is 0 Å². The second-order valence-electron chi connectivity index (χ2n) is 4.82. The lowest BCUT2D eigenvalue weighted by Gasteiger charge is -2.17. The molecule has 2 rings (SSSR count). The van der Waals surface area contributed by atoms with Gasteiger partial charge in [-0.3, -0.25) is 4.98 Å². The van der Waals surface area contributed by atoms with Crippen LogP contribution in [-0.2, 0) is 19.5 Å². The Morgan fingerprint density at radius 2 is 1.89 bits per heavy atom. The fourth-order valence-corrected chi connectivity index (χ4v) is 2.19. The fraction of sp³-hybridized carbons (Fsp3) is 0.312. The molecule has 0 radical (unpaired) electrons. The summed E-state index contributed by atoms with van der Waals surface area (Å²) < 4.78 is 0. The van der Waals surface area contributed by atoms with Crippen LogP contribution in [-0.4, -0.2) is 23.5 Å². The predicted octanol–water partition coefficient (Wildman–Crippen LogP) is 2.21. The van der Waals surface area contributed by atoms with Gasteiger partial charge >= 0.3 is 0 Å². The highest BCUT2D eigenvalue weighted by molar-refractivity contribution is 5.27. The van der Waals surface area contributed by atoms with Gasteiger partial charge < -0.3 is 10.6 Å². The number of hydrogen-bond acceptors (Lipinski definition) is 3. The molecule has 2 N–H and O–H groups in total. The Morgan fingerprint density at radius 3 is 2.58 bits per heavy atom. The molecule has 0 saturated heterocycles. The molecule has 0 aliphatic carbocycles. The van der Waals surface area contributed by atoms with Crippen LogP contribution in [0.4, 0.5) is 0 Å². The molecule has 0 bridgehead atoms. The second-order valence-corrected chi connectivity index (χ2v) is 4.82. The van der Waals surface area contributed by atoms with Crippen molar-refractivity contribution in [3.05, 3.63) is 65.5 Å². The van der Waals surface area contributed by atoms with E-state index in [4.69, 9.17) is 5.73 Å². The molecule has 0 spiro atoms. The molecule has 0 aliphatic rings. The Balaban J connectivity index is 1.88. The first-order valence-corrected chi connectivity index (χ1v) is 6.64. The Bertz CT molecular complexity index is 496. The Hall–Kier alpha value is -1.71. The van der Waals surface area contributed by atoms with Crippen molar-refractivity contribution in [3.8, 4) is 0 Å². The lowest BCUT2D eigenvalue weighted by Crippen LogP contribution is -2.21. The lowest BCUT2D eigenvalue weighted by atomic mass is 10.0. The number of pyridine rings is 1. The predicted molar refractivity (Wildman–Crippen MR) is 78.6 cm³/mol. The molecule has 1 heterocycles. The molecule has 0 unspecified atom stereocenters.